The summed E-state index contributed by atoms with van der Waals surface area (Å²) in [6.45, 7) is 25.1. The van der Waals surface area contributed by atoms with Crippen molar-refractivity contribution in [3.05, 3.63) is 11.9 Å². The first-order chi connectivity index (χ1) is 21.1. The van der Waals surface area contributed by atoms with Gasteiger partial charge in [0.05, 0.1) is 27.8 Å². The molecule has 1 heterocycles. The lowest BCUT2D eigenvalue weighted by Crippen LogP contribution is -2.36. The van der Waals surface area contributed by atoms with Crippen molar-refractivity contribution < 1.29 is 23.9 Å². The van der Waals surface area contributed by atoms with E-state index in [2.05, 4.69) is 85.3 Å². The van der Waals surface area contributed by atoms with E-state index in [1.807, 2.05) is 38.6 Å². The maximum atomic E-state index is 12.7. The Morgan fingerprint density at radius 1 is 0.826 bits per heavy atom. The molecule has 0 radical (unpaired) electrons. The van der Waals surface area contributed by atoms with Crippen LogP contribution in [0.5, 0.6) is 0 Å². The minimum absolute atomic E-state index is 0.00627. The average Bonchev–Trinajstić information content (AvgIpc) is 3.45. The average molecular weight is 715 g/mol. The maximum Gasteiger partial charge on any atom is 0.230 e. The Kier molecular flexibility index (Phi) is 17.1. The lowest BCUT2D eigenvalue weighted by atomic mass is 9.82. The normalized spacial score (nSPS) is 13.1. The van der Waals surface area contributed by atoms with Gasteiger partial charge in [-0.3, -0.25) is 14.4 Å². The molecule has 2 amide bonds. The van der Waals surface area contributed by atoms with Crippen LogP contribution in [-0.2, 0) is 35.8 Å². The predicted molar refractivity (Wildman–Crippen MR) is 188 cm³/mol. The summed E-state index contributed by atoms with van der Waals surface area (Å²) < 4.78 is 14.2. The second-order valence-electron chi connectivity index (χ2n) is 15.9. The Labute approximate surface area is 287 Å². The highest BCUT2D eigenvalue weighted by atomic mass is 79.9. The molecular weight excluding hydrogens is 650 g/mol. The highest BCUT2D eigenvalue weighted by Gasteiger charge is 2.29. The second kappa shape index (κ2) is 18.6. The van der Waals surface area contributed by atoms with Crippen LogP contribution in [0.1, 0.15) is 133 Å². The summed E-state index contributed by atoms with van der Waals surface area (Å²) in [5.74, 6) is 0.268. The number of aromatic nitrogens is 3. The Hall–Kier alpha value is -1.85. The highest BCUT2D eigenvalue weighted by molar-refractivity contribution is 9.09. The third-order valence-electron chi connectivity index (χ3n) is 9.00. The summed E-state index contributed by atoms with van der Waals surface area (Å²) in [7, 11) is 0. The predicted octanol–water partition coefficient (Wildman–Crippen LogP) is 6.54. The number of rotatable bonds is 24. The standard InChI is InChI=1S/C35H64BrN5O5/c1-12-32(4,5)28(42)16-18-35(10,11)46-23-20-33(6,7)41-25-27(39-40-41)14-15-29(43)38-26-31(2,3)19-22-45-34(8,9)17-13-21-37-30(44)24-36/h25H,12-24,26H2,1-11H3,(H,37,44)(H,38,43). The molecule has 1 rings (SSSR count). The van der Waals surface area contributed by atoms with Gasteiger partial charge < -0.3 is 20.1 Å². The van der Waals surface area contributed by atoms with E-state index >= 15 is 0 Å². The second-order valence-corrected chi connectivity index (χ2v) is 16.4. The number of ether oxygens (including phenoxy) is 2. The van der Waals surface area contributed by atoms with Crippen LogP contribution in [-0.4, -0.2) is 75.4 Å². The molecule has 0 bridgehead atoms. The first-order valence-electron chi connectivity index (χ1n) is 17.0. The van der Waals surface area contributed by atoms with Crippen LogP contribution in [0, 0.1) is 10.8 Å². The molecule has 1 aromatic heterocycles. The number of alkyl halides is 1. The molecule has 0 unspecified atom stereocenters. The van der Waals surface area contributed by atoms with Crippen molar-refractivity contribution in [2.75, 3.05) is 31.6 Å². The molecule has 0 atom stereocenters. The Bertz CT molecular complexity index is 1100. The van der Waals surface area contributed by atoms with Gasteiger partial charge in [-0.1, -0.05) is 55.8 Å². The van der Waals surface area contributed by atoms with Crippen LogP contribution in [0.4, 0.5) is 0 Å². The summed E-state index contributed by atoms with van der Waals surface area (Å²) in [6.07, 6.45) is 8.07. The molecule has 0 aromatic carbocycles. The van der Waals surface area contributed by atoms with Gasteiger partial charge in [0.15, 0.2) is 0 Å². The van der Waals surface area contributed by atoms with Gasteiger partial charge in [0.1, 0.15) is 5.78 Å². The fourth-order valence-electron chi connectivity index (χ4n) is 4.64. The number of amides is 2. The van der Waals surface area contributed by atoms with Gasteiger partial charge >= 0.3 is 0 Å². The Morgan fingerprint density at radius 3 is 2.04 bits per heavy atom. The number of nitrogens with zero attached hydrogens (tertiary/aromatic N) is 3. The summed E-state index contributed by atoms with van der Waals surface area (Å²) in [5, 5.41) is 14.9. The molecular formula is C35H64BrN5O5. The van der Waals surface area contributed by atoms with Gasteiger partial charge in [-0.2, -0.15) is 0 Å². The van der Waals surface area contributed by atoms with E-state index in [4.69, 9.17) is 9.47 Å². The van der Waals surface area contributed by atoms with Crippen molar-refractivity contribution >= 4 is 33.5 Å². The van der Waals surface area contributed by atoms with Crippen molar-refractivity contribution in [1.29, 1.82) is 0 Å². The zero-order chi connectivity index (χ0) is 35.2. The van der Waals surface area contributed by atoms with E-state index in [1.165, 1.54) is 0 Å². The highest BCUT2D eigenvalue weighted by Crippen LogP contribution is 2.28. The number of ketones is 1. The monoisotopic (exact) mass is 713 g/mol. The van der Waals surface area contributed by atoms with Crippen LogP contribution >= 0.6 is 15.9 Å². The minimum atomic E-state index is -0.386. The Balaban J connectivity index is 2.41. The van der Waals surface area contributed by atoms with E-state index < -0.39 is 0 Å². The SMILES string of the molecule is CCC(C)(C)C(=O)CCC(C)(C)OCCC(C)(C)n1cc(CCC(=O)NCC(C)(C)CCOC(C)(C)CCCNC(=O)CBr)nn1. The maximum absolute atomic E-state index is 12.7. The molecule has 0 fully saturated rings. The smallest absolute Gasteiger partial charge is 0.230 e. The number of carbonyl (C=O) groups excluding carboxylic acids is 3. The summed E-state index contributed by atoms with van der Waals surface area (Å²) in [6, 6.07) is 0. The van der Waals surface area contributed by atoms with E-state index in [9.17, 15) is 14.4 Å². The van der Waals surface area contributed by atoms with Gasteiger partial charge in [0.25, 0.3) is 0 Å². The van der Waals surface area contributed by atoms with Crippen molar-refractivity contribution in [2.24, 2.45) is 10.8 Å². The molecule has 10 nitrogen and oxygen atoms in total. The van der Waals surface area contributed by atoms with E-state index in [0.717, 1.165) is 37.8 Å². The van der Waals surface area contributed by atoms with Crippen LogP contribution in [0.25, 0.3) is 0 Å². The molecule has 266 valence electrons. The Morgan fingerprint density at radius 2 is 1.43 bits per heavy atom. The summed E-state index contributed by atoms with van der Waals surface area (Å²) in [4.78, 5) is 36.6. The van der Waals surface area contributed by atoms with Crippen LogP contribution in [0.2, 0.25) is 0 Å². The molecule has 1 aromatic rings. The van der Waals surface area contributed by atoms with E-state index in [1.54, 1.807) is 0 Å². The van der Waals surface area contributed by atoms with E-state index in [-0.39, 0.29) is 45.2 Å². The van der Waals surface area contributed by atoms with Crippen molar-refractivity contribution in [3.8, 4) is 0 Å². The van der Waals surface area contributed by atoms with Crippen LogP contribution in [0.15, 0.2) is 6.20 Å². The van der Waals surface area contributed by atoms with Gasteiger partial charge in [0, 0.05) is 57.2 Å². The molecule has 46 heavy (non-hydrogen) atoms. The van der Waals surface area contributed by atoms with Gasteiger partial charge in [-0.15, -0.1) is 5.10 Å². The van der Waals surface area contributed by atoms with Crippen molar-refractivity contribution in [3.63, 3.8) is 0 Å². The van der Waals surface area contributed by atoms with Gasteiger partial charge in [-0.05, 0) is 85.5 Å². The fourth-order valence-corrected chi connectivity index (χ4v) is 4.84. The first kappa shape index (κ1) is 42.2. The molecule has 2 N–H and O–H groups in total. The third-order valence-corrected chi connectivity index (χ3v) is 9.51. The fraction of sp³-hybridized carbons (Fsp3) is 0.857. The number of carbonyl (C=O) groups is 3. The quantitative estimate of drug-likeness (QED) is 0.0922. The molecule has 11 heteroatoms. The van der Waals surface area contributed by atoms with Crippen molar-refractivity contribution in [1.82, 2.24) is 25.6 Å². The summed E-state index contributed by atoms with van der Waals surface area (Å²) in [5.41, 5.74) is -0.592. The number of aryl methyl sites for hydroxylation is 1. The first-order valence-corrected chi connectivity index (χ1v) is 18.1. The van der Waals surface area contributed by atoms with E-state index in [0.29, 0.717) is 57.3 Å². The number of hydrogen-bond acceptors (Lipinski definition) is 7. The van der Waals surface area contributed by atoms with Crippen molar-refractivity contribution in [2.45, 2.75) is 151 Å². The lowest BCUT2D eigenvalue weighted by molar-refractivity contribution is -0.129. The minimum Gasteiger partial charge on any atom is -0.376 e. The number of halogens is 1. The zero-order valence-corrected chi connectivity index (χ0v) is 32.3. The number of nitrogens with one attached hydrogen (secondary N) is 2. The lowest BCUT2D eigenvalue weighted by Gasteiger charge is -2.30. The van der Waals surface area contributed by atoms with Gasteiger partial charge in [0.2, 0.25) is 11.8 Å². The topological polar surface area (TPSA) is 124 Å². The molecule has 0 aliphatic carbocycles. The molecule has 0 aliphatic heterocycles. The largest absolute Gasteiger partial charge is 0.376 e. The third kappa shape index (κ3) is 16.8. The van der Waals surface area contributed by atoms with Crippen LogP contribution in [0.3, 0.4) is 0 Å². The number of Topliss-reactive ketones (excluding diaryl/α,β-unsaturated/α-hetero) is 1. The van der Waals surface area contributed by atoms with Gasteiger partial charge in [-0.25, -0.2) is 4.68 Å². The molecule has 0 saturated carbocycles. The molecule has 0 aliphatic rings. The molecule has 0 saturated heterocycles. The number of hydrogen-bond donors (Lipinski definition) is 2. The summed E-state index contributed by atoms with van der Waals surface area (Å²) >= 11 is 3.15. The zero-order valence-electron chi connectivity index (χ0n) is 30.7. The van der Waals surface area contributed by atoms with Crippen LogP contribution < -0.4 is 10.6 Å². The molecule has 0 spiro atoms.